The van der Waals surface area contributed by atoms with Gasteiger partial charge in [-0.2, -0.15) is 0 Å². The van der Waals surface area contributed by atoms with Gasteiger partial charge < -0.3 is 20.9 Å². The highest BCUT2D eigenvalue weighted by Crippen LogP contribution is 2.32. The van der Waals surface area contributed by atoms with Gasteiger partial charge in [0.05, 0.1) is 11.4 Å². The van der Waals surface area contributed by atoms with Crippen LogP contribution in [0.25, 0.3) is 0 Å². The van der Waals surface area contributed by atoms with E-state index < -0.39 is 0 Å². The van der Waals surface area contributed by atoms with Gasteiger partial charge in [0.2, 0.25) is 0 Å². The average Bonchev–Trinajstić information content (AvgIpc) is 3.31. The van der Waals surface area contributed by atoms with Gasteiger partial charge in [-0.25, -0.2) is 4.79 Å². The molecule has 0 bridgehead atoms. The van der Waals surface area contributed by atoms with Crippen molar-refractivity contribution in [1.82, 2.24) is 0 Å². The van der Waals surface area contributed by atoms with Gasteiger partial charge >= 0.3 is 6.03 Å². The first kappa shape index (κ1) is 22.4. The predicted octanol–water partition coefficient (Wildman–Crippen LogP) is 6.11. The minimum atomic E-state index is -0.314. The van der Waals surface area contributed by atoms with Gasteiger partial charge in [-0.3, -0.25) is 4.79 Å². The van der Waals surface area contributed by atoms with Gasteiger partial charge in [0.1, 0.15) is 0 Å². The van der Waals surface area contributed by atoms with Crippen molar-refractivity contribution in [3.8, 4) is 0 Å². The van der Waals surface area contributed by atoms with E-state index in [4.69, 9.17) is 0 Å². The van der Waals surface area contributed by atoms with Crippen LogP contribution in [0, 0.1) is 20.8 Å². The number of carbonyl (C=O) groups excluding carboxylic acids is 2. The van der Waals surface area contributed by atoms with Crippen LogP contribution in [0.2, 0.25) is 0 Å². The number of hydrogen-bond donors (Lipinski definition) is 3. The third-order valence-electron chi connectivity index (χ3n) is 5.87. The Labute approximate surface area is 195 Å². The smallest absolute Gasteiger partial charge is 0.323 e. The zero-order valence-electron chi connectivity index (χ0n) is 19.4. The van der Waals surface area contributed by atoms with Crippen molar-refractivity contribution < 1.29 is 9.59 Å². The minimum absolute atomic E-state index is 0.182. The summed E-state index contributed by atoms with van der Waals surface area (Å²) in [6.07, 6.45) is 2.25. The van der Waals surface area contributed by atoms with Crippen LogP contribution < -0.4 is 20.9 Å². The van der Waals surface area contributed by atoms with E-state index in [1.165, 1.54) is 0 Å². The monoisotopic (exact) mass is 442 g/mol. The number of urea groups is 1. The molecule has 0 saturated carbocycles. The van der Waals surface area contributed by atoms with Crippen molar-refractivity contribution in [2.45, 2.75) is 33.6 Å². The maximum atomic E-state index is 12.9. The van der Waals surface area contributed by atoms with Crippen molar-refractivity contribution in [2.75, 3.05) is 33.9 Å². The molecule has 3 N–H and O–H groups in total. The molecule has 1 fully saturated rings. The lowest BCUT2D eigenvalue weighted by atomic mass is 10.1. The van der Waals surface area contributed by atoms with Gasteiger partial charge in [-0.1, -0.05) is 29.8 Å². The molecule has 1 aliphatic rings. The molecule has 3 aromatic rings. The van der Waals surface area contributed by atoms with Crippen LogP contribution >= 0.6 is 0 Å². The number of nitrogens with zero attached hydrogens (tertiary/aromatic N) is 1. The molecule has 0 aromatic heterocycles. The summed E-state index contributed by atoms with van der Waals surface area (Å²) >= 11 is 0. The van der Waals surface area contributed by atoms with E-state index in [2.05, 4.69) is 20.9 Å². The summed E-state index contributed by atoms with van der Waals surface area (Å²) in [4.78, 5) is 27.9. The maximum Gasteiger partial charge on any atom is 0.323 e. The standard InChI is InChI=1S/C27H30N4O2/c1-18-7-6-8-21(15-18)26(32)28-22-11-12-25(31-13-4-5-14-31)24(17-22)30-27(33)29-23-16-19(2)9-10-20(23)3/h6-12,15-17H,4-5,13-14H2,1-3H3,(H,28,32)(H2,29,30,33). The zero-order chi connectivity index (χ0) is 23.4. The largest absolute Gasteiger partial charge is 0.370 e. The average molecular weight is 443 g/mol. The van der Waals surface area contributed by atoms with Crippen molar-refractivity contribution in [3.05, 3.63) is 82.9 Å². The third-order valence-corrected chi connectivity index (χ3v) is 5.87. The lowest BCUT2D eigenvalue weighted by molar-refractivity contribution is 0.102. The lowest BCUT2D eigenvalue weighted by Crippen LogP contribution is -2.24. The van der Waals surface area contributed by atoms with Gasteiger partial charge in [0.15, 0.2) is 0 Å². The Balaban J connectivity index is 1.56. The first-order valence-corrected chi connectivity index (χ1v) is 11.3. The quantitative estimate of drug-likeness (QED) is 0.446. The van der Waals surface area contributed by atoms with Gasteiger partial charge in [-0.05, 0) is 81.1 Å². The van der Waals surface area contributed by atoms with E-state index in [-0.39, 0.29) is 11.9 Å². The van der Waals surface area contributed by atoms with E-state index >= 15 is 0 Å². The van der Waals surface area contributed by atoms with Crippen molar-refractivity contribution in [3.63, 3.8) is 0 Å². The molecule has 33 heavy (non-hydrogen) atoms. The molecule has 170 valence electrons. The number of amides is 3. The van der Waals surface area contributed by atoms with E-state index in [0.29, 0.717) is 16.9 Å². The molecular formula is C27H30N4O2. The Bertz CT molecular complexity index is 1180. The molecule has 6 nitrogen and oxygen atoms in total. The molecule has 1 aliphatic heterocycles. The highest BCUT2D eigenvalue weighted by molar-refractivity contribution is 6.06. The van der Waals surface area contributed by atoms with Crippen LogP contribution in [0.5, 0.6) is 0 Å². The number of benzene rings is 3. The summed E-state index contributed by atoms with van der Waals surface area (Å²) in [5.41, 5.74) is 6.73. The number of nitrogens with one attached hydrogen (secondary N) is 3. The van der Waals surface area contributed by atoms with Crippen molar-refractivity contribution in [2.24, 2.45) is 0 Å². The molecule has 3 aromatic carbocycles. The molecule has 0 radical (unpaired) electrons. The third kappa shape index (κ3) is 5.52. The van der Waals surface area contributed by atoms with E-state index in [1.807, 2.05) is 75.4 Å². The second-order valence-corrected chi connectivity index (χ2v) is 8.65. The Hall–Kier alpha value is -3.80. The molecule has 1 saturated heterocycles. The molecule has 0 atom stereocenters. The number of carbonyl (C=O) groups is 2. The summed E-state index contributed by atoms with van der Waals surface area (Å²) in [5, 5.41) is 8.91. The molecule has 0 unspecified atom stereocenters. The van der Waals surface area contributed by atoms with E-state index in [1.54, 1.807) is 6.07 Å². The number of anilines is 4. The molecule has 1 heterocycles. The van der Waals surface area contributed by atoms with Crippen LogP contribution in [-0.4, -0.2) is 25.0 Å². The van der Waals surface area contributed by atoms with Gasteiger partial charge in [-0.15, -0.1) is 0 Å². The molecule has 6 heteroatoms. The molecule has 4 rings (SSSR count). The van der Waals surface area contributed by atoms with E-state index in [0.717, 1.165) is 54.0 Å². The fourth-order valence-electron chi connectivity index (χ4n) is 4.08. The molecule has 0 spiro atoms. The summed E-state index contributed by atoms with van der Waals surface area (Å²) in [5.74, 6) is -0.182. The molecular weight excluding hydrogens is 412 g/mol. The Morgan fingerprint density at radius 3 is 2.24 bits per heavy atom. The summed E-state index contributed by atoms with van der Waals surface area (Å²) in [6, 6.07) is 18.8. The first-order chi connectivity index (χ1) is 15.9. The second-order valence-electron chi connectivity index (χ2n) is 8.65. The van der Waals surface area contributed by atoms with Crippen LogP contribution in [0.4, 0.5) is 27.5 Å². The zero-order valence-corrected chi connectivity index (χ0v) is 19.4. The predicted molar refractivity (Wildman–Crippen MR) is 136 cm³/mol. The normalized spacial score (nSPS) is 13.0. The second kappa shape index (κ2) is 9.77. The lowest BCUT2D eigenvalue weighted by Gasteiger charge is -2.23. The summed E-state index contributed by atoms with van der Waals surface area (Å²) < 4.78 is 0. The van der Waals surface area contributed by atoms with Crippen molar-refractivity contribution >= 4 is 34.7 Å². The molecule has 0 aliphatic carbocycles. The number of rotatable bonds is 5. The van der Waals surface area contributed by atoms with Crippen LogP contribution in [0.1, 0.15) is 39.9 Å². The van der Waals surface area contributed by atoms with Crippen molar-refractivity contribution in [1.29, 1.82) is 0 Å². The molecule has 3 amide bonds. The Morgan fingerprint density at radius 2 is 1.48 bits per heavy atom. The fourth-order valence-corrected chi connectivity index (χ4v) is 4.08. The SMILES string of the molecule is Cc1cccc(C(=O)Nc2ccc(N3CCCC3)c(NC(=O)Nc3cc(C)ccc3C)c2)c1. The maximum absolute atomic E-state index is 12.9. The summed E-state index contributed by atoms with van der Waals surface area (Å²) in [7, 11) is 0. The van der Waals surface area contributed by atoms with Gasteiger partial charge in [0, 0.05) is 30.0 Å². The summed E-state index contributed by atoms with van der Waals surface area (Å²) in [6.45, 7) is 7.81. The Kier molecular flexibility index (Phi) is 6.63. The topological polar surface area (TPSA) is 73.5 Å². The van der Waals surface area contributed by atoms with Gasteiger partial charge in [0.25, 0.3) is 5.91 Å². The highest BCUT2D eigenvalue weighted by atomic mass is 16.2. The number of hydrogen-bond acceptors (Lipinski definition) is 3. The number of aryl methyl sites for hydroxylation is 3. The van der Waals surface area contributed by atoms with Crippen LogP contribution in [-0.2, 0) is 0 Å². The first-order valence-electron chi connectivity index (χ1n) is 11.3. The fraction of sp³-hybridized carbons (Fsp3) is 0.259. The van der Waals surface area contributed by atoms with E-state index in [9.17, 15) is 9.59 Å². The Morgan fingerprint density at radius 1 is 0.758 bits per heavy atom. The van der Waals surface area contributed by atoms with Crippen LogP contribution in [0.3, 0.4) is 0 Å². The highest BCUT2D eigenvalue weighted by Gasteiger charge is 2.18. The minimum Gasteiger partial charge on any atom is -0.370 e. The van der Waals surface area contributed by atoms with Crippen LogP contribution in [0.15, 0.2) is 60.7 Å².